The molecule has 1 aliphatic carbocycles. The Labute approximate surface area is 121 Å². The van der Waals surface area contributed by atoms with Crippen LogP contribution in [0.15, 0.2) is 30.3 Å². The lowest BCUT2D eigenvalue weighted by Crippen LogP contribution is -2.28. The Morgan fingerprint density at radius 1 is 1.30 bits per heavy atom. The molecule has 110 valence electrons. The molecule has 0 aromatic heterocycles. The molecule has 0 aliphatic heterocycles. The quantitative estimate of drug-likeness (QED) is 0.835. The van der Waals surface area contributed by atoms with Crippen LogP contribution >= 0.6 is 0 Å². The standard InChI is InChI=1S/C17H25NO2/c1-13-7-5-6-10-16(13)20-17(19)12-11-15(18)14-8-3-2-4-9-14/h2-4,8-9,13,15-16H,5-7,10-12,18H2,1H3. The molecular formula is C17H25NO2. The average Bonchev–Trinajstić information content (AvgIpc) is 2.48. The highest BCUT2D eigenvalue weighted by Crippen LogP contribution is 2.27. The van der Waals surface area contributed by atoms with E-state index in [1.165, 1.54) is 19.3 Å². The first-order chi connectivity index (χ1) is 9.66. The monoisotopic (exact) mass is 275 g/mol. The lowest BCUT2D eigenvalue weighted by molar-refractivity contribution is -0.153. The Kier molecular flexibility index (Phi) is 5.60. The summed E-state index contributed by atoms with van der Waals surface area (Å²) in [5.41, 5.74) is 7.17. The van der Waals surface area contributed by atoms with Gasteiger partial charge in [-0.2, -0.15) is 0 Å². The average molecular weight is 275 g/mol. The normalized spacial score (nSPS) is 24.1. The second-order valence-electron chi connectivity index (χ2n) is 5.85. The van der Waals surface area contributed by atoms with Gasteiger partial charge < -0.3 is 10.5 Å². The van der Waals surface area contributed by atoms with Crippen LogP contribution < -0.4 is 5.73 Å². The van der Waals surface area contributed by atoms with Crippen LogP contribution in [-0.4, -0.2) is 12.1 Å². The summed E-state index contributed by atoms with van der Waals surface area (Å²) in [6.07, 6.45) is 5.77. The molecule has 1 saturated carbocycles. The summed E-state index contributed by atoms with van der Waals surface area (Å²) in [7, 11) is 0. The second kappa shape index (κ2) is 7.44. The number of hydrogen-bond acceptors (Lipinski definition) is 3. The van der Waals surface area contributed by atoms with E-state index in [4.69, 9.17) is 10.5 Å². The van der Waals surface area contributed by atoms with Gasteiger partial charge in [-0.3, -0.25) is 4.79 Å². The highest BCUT2D eigenvalue weighted by atomic mass is 16.5. The topological polar surface area (TPSA) is 52.3 Å². The maximum Gasteiger partial charge on any atom is 0.306 e. The fourth-order valence-electron chi connectivity index (χ4n) is 2.83. The summed E-state index contributed by atoms with van der Waals surface area (Å²) in [5, 5.41) is 0. The van der Waals surface area contributed by atoms with Gasteiger partial charge in [-0.05, 0) is 37.2 Å². The van der Waals surface area contributed by atoms with Gasteiger partial charge in [0, 0.05) is 12.5 Å². The molecule has 3 heteroatoms. The summed E-state index contributed by atoms with van der Waals surface area (Å²) in [6.45, 7) is 2.17. The molecule has 0 amide bonds. The SMILES string of the molecule is CC1CCCCC1OC(=O)CCC(N)c1ccccc1. The van der Waals surface area contributed by atoms with Crippen molar-refractivity contribution in [1.29, 1.82) is 0 Å². The van der Waals surface area contributed by atoms with Crippen molar-refractivity contribution in [3.63, 3.8) is 0 Å². The van der Waals surface area contributed by atoms with Gasteiger partial charge in [-0.1, -0.05) is 43.7 Å². The molecule has 0 bridgehead atoms. The number of nitrogens with two attached hydrogens (primary N) is 1. The van der Waals surface area contributed by atoms with Gasteiger partial charge >= 0.3 is 5.97 Å². The molecular weight excluding hydrogens is 250 g/mol. The van der Waals surface area contributed by atoms with E-state index < -0.39 is 0 Å². The summed E-state index contributed by atoms with van der Waals surface area (Å²) in [6, 6.07) is 9.81. The number of benzene rings is 1. The van der Waals surface area contributed by atoms with Crippen molar-refractivity contribution in [1.82, 2.24) is 0 Å². The van der Waals surface area contributed by atoms with Crippen LogP contribution in [0.4, 0.5) is 0 Å². The minimum Gasteiger partial charge on any atom is -0.462 e. The third-order valence-corrected chi connectivity index (χ3v) is 4.20. The summed E-state index contributed by atoms with van der Waals surface area (Å²) in [5.74, 6) is 0.394. The zero-order valence-corrected chi connectivity index (χ0v) is 12.3. The molecule has 0 radical (unpaired) electrons. The van der Waals surface area contributed by atoms with E-state index in [0.29, 0.717) is 18.8 Å². The molecule has 3 unspecified atom stereocenters. The first kappa shape index (κ1) is 15.0. The number of ether oxygens (including phenoxy) is 1. The van der Waals surface area contributed by atoms with Crippen LogP contribution in [0.3, 0.4) is 0 Å². The largest absolute Gasteiger partial charge is 0.462 e. The van der Waals surface area contributed by atoms with E-state index in [2.05, 4.69) is 6.92 Å². The van der Waals surface area contributed by atoms with Crippen molar-refractivity contribution in [2.45, 2.75) is 57.6 Å². The van der Waals surface area contributed by atoms with E-state index in [-0.39, 0.29) is 18.1 Å². The maximum absolute atomic E-state index is 11.9. The van der Waals surface area contributed by atoms with Crippen LogP contribution in [-0.2, 0) is 9.53 Å². The number of carbonyl (C=O) groups is 1. The van der Waals surface area contributed by atoms with Crippen molar-refractivity contribution in [3.05, 3.63) is 35.9 Å². The van der Waals surface area contributed by atoms with E-state index in [1.54, 1.807) is 0 Å². The molecule has 20 heavy (non-hydrogen) atoms. The van der Waals surface area contributed by atoms with Crippen LogP contribution in [0.5, 0.6) is 0 Å². The van der Waals surface area contributed by atoms with Gasteiger partial charge in [0.05, 0.1) is 0 Å². The summed E-state index contributed by atoms with van der Waals surface area (Å²) in [4.78, 5) is 11.9. The predicted octanol–water partition coefficient (Wildman–Crippen LogP) is 3.59. The van der Waals surface area contributed by atoms with Gasteiger partial charge in [0.2, 0.25) is 0 Å². The molecule has 3 nitrogen and oxygen atoms in total. The molecule has 0 spiro atoms. The zero-order valence-electron chi connectivity index (χ0n) is 12.3. The molecule has 2 N–H and O–H groups in total. The Bertz CT molecular complexity index is 418. The third kappa shape index (κ3) is 4.34. The van der Waals surface area contributed by atoms with Crippen molar-refractivity contribution < 1.29 is 9.53 Å². The van der Waals surface area contributed by atoms with Crippen LogP contribution in [0.25, 0.3) is 0 Å². The Morgan fingerprint density at radius 3 is 2.70 bits per heavy atom. The molecule has 1 aromatic rings. The lowest BCUT2D eigenvalue weighted by Gasteiger charge is -2.28. The lowest BCUT2D eigenvalue weighted by atomic mass is 9.88. The Morgan fingerprint density at radius 2 is 2.00 bits per heavy atom. The van der Waals surface area contributed by atoms with Crippen molar-refractivity contribution in [3.8, 4) is 0 Å². The predicted molar refractivity (Wildman–Crippen MR) is 80.1 cm³/mol. The second-order valence-corrected chi connectivity index (χ2v) is 5.85. The van der Waals surface area contributed by atoms with Crippen LogP contribution in [0.1, 0.15) is 57.1 Å². The van der Waals surface area contributed by atoms with Crippen molar-refractivity contribution >= 4 is 5.97 Å². The Balaban J connectivity index is 1.74. The maximum atomic E-state index is 11.9. The van der Waals surface area contributed by atoms with Gasteiger partial charge in [-0.25, -0.2) is 0 Å². The molecule has 0 heterocycles. The smallest absolute Gasteiger partial charge is 0.306 e. The van der Waals surface area contributed by atoms with Crippen molar-refractivity contribution in [2.75, 3.05) is 0 Å². The van der Waals surface area contributed by atoms with E-state index in [9.17, 15) is 4.79 Å². The minimum atomic E-state index is -0.102. The van der Waals surface area contributed by atoms with Gasteiger partial charge in [-0.15, -0.1) is 0 Å². The van der Waals surface area contributed by atoms with Gasteiger partial charge in [0.15, 0.2) is 0 Å². The highest BCUT2D eigenvalue weighted by molar-refractivity contribution is 5.69. The van der Waals surface area contributed by atoms with Crippen molar-refractivity contribution in [2.24, 2.45) is 11.7 Å². The molecule has 1 aromatic carbocycles. The molecule has 0 saturated heterocycles. The zero-order chi connectivity index (χ0) is 14.4. The third-order valence-electron chi connectivity index (χ3n) is 4.20. The number of esters is 1. The molecule has 1 fully saturated rings. The fourth-order valence-corrected chi connectivity index (χ4v) is 2.83. The fraction of sp³-hybridized carbons (Fsp3) is 0.588. The van der Waals surface area contributed by atoms with Gasteiger partial charge in [0.1, 0.15) is 6.10 Å². The number of hydrogen-bond donors (Lipinski definition) is 1. The highest BCUT2D eigenvalue weighted by Gasteiger charge is 2.24. The van der Waals surface area contributed by atoms with E-state index in [0.717, 1.165) is 12.0 Å². The molecule has 3 atom stereocenters. The summed E-state index contributed by atoms with van der Waals surface area (Å²) < 4.78 is 5.60. The molecule has 1 aliphatic rings. The van der Waals surface area contributed by atoms with Crippen LogP contribution in [0.2, 0.25) is 0 Å². The first-order valence-electron chi connectivity index (χ1n) is 7.67. The molecule has 2 rings (SSSR count). The van der Waals surface area contributed by atoms with Crippen LogP contribution in [0, 0.1) is 5.92 Å². The van der Waals surface area contributed by atoms with Gasteiger partial charge in [0.25, 0.3) is 0 Å². The van der Waals surface area contributed by atoms with E-state index in [1.807, 2.05) is 30.3 Å². The summed E-state index contributed by atoms with van der Waals surface area (Å²) >= 11 is 0. The number of rotatable bonds is 5. The first-order valence-corrected chi connectivity index (χ1v) is 7.67. The van der Waals surface area contributed by atoms with E-state index >= 15 is 0 Å². The number of carbonyl (C=O) groups excluding carboxylic acids is 1. The minimum absolute atomic E-state index is 0.0903. The Hall–Kier alpha value is -1.35.